The van der Waals surface area contributed by atoms with Gasteiger partial charge in [0.2, 0.25) is 0 Å². The second-order valence-electron chi connectivity index (χ2n) is 7.32. The molecule has 172 valence electrons. The van der Waals surface area contributed by atoms with E-state index in [0.29, 0.717) is 32.7 Å². The number of anilines is 1. The number of nitrogens with one attached hydrogen (secondary N) is 2. The molecule has 0 fully saturated rings. The van der Waals surface area contributed by atoms with Crippen LogP contribution >= 0.6 is 23.2 Å². The molecule has 9 heteroatoms. The number of ether oxygens (including phenoxy) is 1. The van der Waals surface area contributed by atoms with Crippen LogP contribution in [0.1, 0.15) is 24.2 Å². The van der Waals surface area contributed by atoms with Crippen LogP contribution in [0.3, 0.4) is 0 Å². The molecule has 0 bridgehead atoms. The smallest absolute Gasteiger partial charge is 0.319 e. The summed E-state index contributed by atoms with van der Waals surface area (Å²) in [5.41, 5.74) is 2.91. The number of urea groups is 1. The number of rotatable bonds is 8. The van der Waals surface area contributed by atoms with Gasteiger partial charge in [-0.3, -0.25) is 9.78 Å². The molecule has 3 rings (SSSR count). The third-order valence-electron chi connectivity index (χ3n) is 4.82. The first-order chi connectivity index (χ1) is 15.8. The molecule has 3 N–H and O–H groups in total. The van der Waals surface area contributed by atoms with Crippen molar-refractivity contribution in [1.82, 2.24) is 10.3 Å². The van der Waals surface area contributed by atoms with Crippen LogP contribution in [0.25, 0.3) is 11.1 Å². The number of carbonyl (C=O) groups is 2. The molecule has 1 unspecified atom stereocenters. The minimum absolute atomic E-state index is 0.0230. The Bertz CT molecular complexity index is 1130. The third kappa shape index (κ3) is 6.22. The number of hydrogen-bond acceptors (Lipinski definition) is 5. The fourth-order valence-electron chi connectivity index (χ4n) is 3.33. The van der Waals surface area contributed by atoms with Crippen LogP contribution in [0, 0.1) is 0 Å². The maximum Gasteiger partial charge on any atom is 0.319 e. The number of methoxy groups -OCH3 is 1. The Morgan fingerprint density at radius 2 is 1.82 bits per heavy atom. The van der Waals surface area contributed by atoms with Gasteiger partial charge in [0.1, 0.15) is 11.5 Å². The summed E-state index contributed by atoms with van der Waals surface area (Å²) < 4.78 is 5.39. The van der Waals surface area contributed by atoms with Gasteiger partial charge in [-0.1, -0.05) is 47.5 Å². The van der Waals surface area contributed by atoms with Crippen molar-refractivity contribution in [3.63, 3.8) is 0 Å². The number of halogens is 2. The molecule has 1 atom stereocenters. The van der Waals surface area contributed by atoms with Crippen molar-refractivity contribution in [2.75, 3.05) is 19.0 Å². The van der Waals surface area contributed by atoms with Crippen molar-refractivity contribution >= 4 is 40.7 Å². The largest absolute Gasteiger partial charge is 0.496 e. The van der Waals surface area contributed by atoms with E-state index < -0.39 is 12.1 Å². The summed E-state index contributed by atoms with van der Waals surface area (Å²) in [7, 11) is 1.56. The molecule has 1 heterocycles. The van der Waals surface area contributed by atoms with Crippen LogP contribution in [0.4, 0.5) is 10.5 Å². The standard InChI is InChI=1S/C24H23Cl2N3O4/c1-14(31)9-15-7-8-20(27-12-15)21(13-30)29-24(32)28-16-10-18(25)23(19(26)11-16)17-5-3-4-6-22(17)33-2/h3-8,10-12,21,30H,9,13H2,1-2H3,(H2,28,29,32). The van der Waals surface area contributed by atoms with Gasteiger partial charge in [-0.2, -0.15) is 0 Å². The Morgan fingerprint density at radius 1 is 1.12 bits per heavy atom. The van der Waals surface area contributed by atoms with E-state index in [0.717, 1.165) is 11.1 Å². The summed E-state index contributed by atoms with van der Waals surface area (Å²) in [5.74, 6) is 0.641. The molecule has 3 aromatic rings. The quantitative estimate of drug-likeness (QED) is 0.412. The molecule has 1 aromatic heterocycles. The van der Waals surface area contributed by atoms with E-state index in [1.165, 1.54) is 6.92 Å². The second-order valence-corrected chi connectivity index (χ2v) is 8.13. The zero-order valence-electron chi connectivity index (χ0n) is 18.1. The van der Waals surface area contributed by atoms with Crippen LogP contribution in [-0.4, -0.2) is 35.6 Å². The van der Waals surface area contributed by atoms with E-state index in [1.807, 2.05) is 18.2 Å². The first kappa shape index (κ1) is 24.5. The SMILES string of the molecule is COc1ccccc1-c1c(Cl)cc(NC(=O)NC(CO)c2ccc(CC(C)=O)cn2)cc1Cl. The number of aromatic nitrogens is 1. The molecule has 33 heavy (non-hydrogen) atoms. The van der Waals surface area contributed by atoms with Crippen molar-refractivity contribution < 1.29 is 19.4 Å². The van der Waals surface area contributed by atoms with Gasteiger partial charge in [0.05, 0.1) is 35.5 Å². The van der Waals surface area contributed by atoms with Gasteiger partial charge in [-0.15, -0.1) is 0 Å². The maximum absolute atomic E-state index is 12.5. The van der Waals surface area contributed by atoms with Crippen molar-refractivity contribution in [2.45, 2.75) is 19.4 Å². The highest BCUT2D eigenvalue weighted by Gasteiger charge is 2.18. The fraction of sp³-hybridized carbons (Fsp3) is 0.208. The average molecular weight is 488 g/mol. The molecule has 0 spiro atoms. The van der Waals surface area contributed by atoms with Crippen LogP contribution in [-0.2, 0) is 11.2 Å². The summed E-state index contributed by atoms with van der Waals surface area (Å²) >= 11 is 13.0. The van der Waals surface area contributed by atoms with E-state index >= 15 is 0 Å². The summed E-state index contributed by atoms with van der Waals surface area (Å²) in [6.07, 6.45) is 1.83. The van der Waals surface area contributed by atoms with Gasteiger partial charge in [-0.25, -0.2) is 4.79 Å². The van der Waals surface area contributed by atoms with Gasteiger partial charge >= 0.3 is 6.03 Å². The molecule has 0 aliphatic carbocycles. The Kier molecular flexibility index (Phi) is 8.27. The molecule has 2 amide bonds. The van der Waals surface area contributed by atoms with Gasteiger partial charge < -0.3 is 20.5 Å². The minimum atomic E-state index is -0.741. The highest BCUT2D eigenvalue weighted by atomic mass is 35.5. The van der Waals surface area contributed by atoms with E-state index in [1.54, 1.807) is 43.6 Å². The average Bonchev–Trinajstić information content (AvgIpc) is 2.77. The molecule has 0 aliphatic rings. The van der Waals surface area contributed by atoms with Crippen molar-refractivity contribution in [3.05, 3.63) is 76.0 Å². The molecule has 0 radical (unpaired) electrons. The Labute approximate surface area is 201 Å². The molecule has 2 aromatic carbocycles. The lowest BCUT2D eigenvalue weighted by atomic mass is 10.0. The Hall–Kier alpha value is -3.13. The van der Waals surface area contributed by atoms with Crippen LogP contribution < -0.4 is 15.4 Å². The fourth-order valence-corrected chi connectivity index (χ4v) is 4.02. The van der Waals surface area contributed by atoms with Crippen molar-refractivity contribution in [1.29, 1.82) is 0 Å². The summed E-state index contributed by atoms with van der Waals surface area (Å²) in [6.45, 7) is 1.14. The van der Waals surface area contributed by atoms with Crippen molar-refractivity contribution in [2.24, 2.45) is 0 Å². The summed E-state index contributed by atoms with van der Waals surface area (Å²) in [5, 5.41) is 15.7. The van der Waals surface area contributed by atoms with Gasteiger partial charge in [0, 0.05) is 29.4 Å². The van der Waals surface area contributed by atoms with Crippen LogP contribution in [0.5, 0.6) is 5.75 Å². The number of aliphatic hydroxyl groups excluding tert-OH is 1. The predicted molar refractivity (Wildman–Crippen MR) is 129 cm³/mol. The molecule has 0 saturated heterocycles. The van der Waals surface area contributed by atoms with E-state index in [4.69, 9.17) is 27.9 Å². The maximum atomic E-state index is 12.5. The number of Topliss-reactive ketones (excluding diaryl/α,β-unsaturated/α-hetero) is 1. The lowest BCUT2D eigenvalue weighted by Gasteiger charge is -2.18. The number of hydrogen-bond donors (Lipinski definition) is 3. The molecular formula is C24H23Cl2N3O4. The highest BCUT2D eigenvalue weighted by molar-refractivity contribution is 6.40. The Morgan fingerprint density at radius 3 is 2.39 bits per heavy atom. The van der Waals surface area contributed by atoms with Crippen molar-refractivity contribution in [3.8, 4) is 16.9 Å². The predicted octanol–water partition coefficient (Wildman–Crippen LogP) is 5.05. The lowest BCUT2D eigenvalue weighted by Crippen LogP contribution is -2.34. The highest BCUT2D eigenvalue weighted by Crippen LogP contribution is 2.41. The number of pyridine rings is 1. The number of amides is 2. The van der Waals surface area contributed by atoms with Crippen LogP contribution in [0.2, 0.25) is 10.0 Å². The zero-order chi connectivity index (χ0) is 24.0. The van der Waals surface area contributed by atoms with Gasteiger partial charge in [0.15, 0.2) is 0 Å². The van der Waals surface area contributed by atoms with E-state index in [9.17, 15) is 14.7 Å². The van der Waals surface area contributed by atoms with Gasteiger partial charge in [-0.05, 0) is 36.8 Å². The normalized spacial score (nSPS) is 11.5. The monoisotopic (exact) mass is 487 g/mol. The molecule has 0 saturated carbocycles. The topological polar surface area (TPSA) is 101 Å². The lowest BCUT2D eigenvalue weighted by molar-refractivity contribution is -0.116. The van der Waals surface area contributed by atoms with E-state index in [2.05, 4.69) is 15.6 Å². The minimum Gasteiger partial charge on any atom is -0.496 e. The first-order valence-corrected chi connectivity index (χ1v) is 10.8. The number of ketones is 1. The third-order valence-corrected chi connectivity index (χ3v) is 5.42. The number of carbonyl (C=O) groups excluding carboxylic acids is 2. The summed E-state index contributed by atoms with van der Waals surface area (Å²) in [4.78, 5) is 28.0. The zero-order valence-corrected chi connectivity index (χ0v) is 19.6. The Balaban J connectivity index is 1.74. The number of benzene rings is 2. The van der Waals surface area contributed by atoms with Crippen LogP contribution in [0.15, 0.2) is 54.7 Å². The number of aliphatic hydroxyl groups is 1. The number of para-hydroxylation sites is 1. The molecule has 0 aliphatic heterocycles. The number of nitrogens with zero attached hydrogens (tertiary/aromatic N) is 1. The molecule has 7 nitrogen and oxygen atoms in total. The van der Waals surface area contributed by atoms with E-state index in [-0.39, 0.29) is 18.8 Å². The first-order valence-electron chi connectivity index (χ1n) is 10.1. The van der Waals surface area contributed by atoms with Gasteiger partial charge in [0.25, 0.3) is 0 Å². The second kappa shape index (κ2) is 11.1. The summed E-state index contributed by atoms with van der Waals surface area (Å²) in [6, 6.07) is 12.6. The molecular weight excluding hydrogens is 465 g/mol.